The molecule has 0 saturated carbocycles. The number of hydrogen-bond acceptors (Lipinski definition) is 3. The Morgan fingerprint density at radius 1 is 1.56 bits per heavy atom. The van der Waals surface area contributed by atoms with Crippen molar-refractivity contribution >= 4 is 10.8 Å². The summed E-state index contributed by atoms with van der Waals surface area (Å²) in [5, 5.41) is 3.68. The van der Waals surface area contributed by atoms with E-state index in [-0.39, 0.29) is 11.3 Å². The van der Waals surface area contributed by atoms with Crippen molar-refractivity contribution in [1.82, 2.24) is 5.32 Å². The molecule has 0 aliphatic carbocycles. The highest BCUT2D eigenvalue weighted by Crippen LogP contribution is 2.16. The van der Waals surface area contributed by atoms with Crippen molar-refractivity contribution in [3.05, 3.63) is 24.2 Å². The van der Waals surface area contributed by atoms with E-state index >= 15 is 0 Å². The first-order valence-electron chi connectivity index (χ1n) is 5.74. The lowest BCUT2D eigenvalue weighted by Crippen LogP contribution is -2.25. The summed E-state index contributed by atoms with van der Waals surface area (Å²) in [4.78, 5) is 0. The van der Waals surface area contributed by atoms with E-state index in [2.05, 4.69) is 12.2 Å². The van der Waals surface area contributed by atoms with Crippen molar-refractivity contribution < 1.29 is 8.63 Å². The third-order valence-corrected chi connectivity index (χ3v) is 4.17. The number of hydrogen-bond donors (Lipinski definition) is 1. The van der Waals surface area contributed by atoms with E-state index in [9.17, 15) is 4.21 Å². The van der Waals surface area contributed by atoms with Gasteiger partial charge in [0, 0.05) is 22.3 Å². The molecule has 92 valence electrons. The summed E-state index contributed by atoms with van der Waals surface area (Å²) in [6.45, 7) is 5.02. The zero-order valence-corrected chi connectivity index (χ0v) is 11.0. The minimum atomic E-state index is -0.727. The monoisotopic (exact) mass is 243 g/mol. The maximum Gasteiger partial charge on any atom is 0.120 e. The molecule has 1 aromatic rings. The highest BCUT2D eigenvalue weighted by molar-refractivity contribution is 7.84. The van der Waals surface area contributed by atoms with E-state index in [0.717, 1.165) is 25.1 Å². The number of furan rings is 1. The molecule has 0 spiro atoms. The first-order chi connectivity index (χ1) is 7.65. The van der Waals surface area contributed by atoms with Gasteiger partial charge in [0.2, 0.25) is 0 Å². The third kappa shape index (κ3) is 4.10. The van der Waals surface area contributed by atoms with E-state index in [1.54, 1.807) is 12.5 Å². The summed E-state index contributed by atoms with van der Waals surface area (Å²) < 4.78 is 16.6. The quantitative estimate of drug-likeness (QED) is 0.800. The molecule has 1 aromatic heterocycles. The van der Waals surface area contributed by atoms with E-state index in [1.165, 1.54) is 0 Å². The zero-order valence-electron chi connectivity index (χ0n) is 10.2. The molecule has 0 aliphatic heterocycles. The smallest absolute Gasteiger partial charge is 0.120 e. The molecule has 4 heteroatoms. The van der Waals surface area contributed by atoms with Gasteiger partial charge in [-0.3, -0.25) is 4.21 Å². The highest BCUT2D eigenvalue weighted by atomic mass is 32.2. The van der Waals surface area contributed by atoms with E-state index in [1.807, 2.05) is 19.1 Å². The van der Waals surface area contributed by atoms with Crippen molar-refractivity contribution in [1.29, 1.82) is 0 Å². The predicted octanol–water partition coefficient (Wildman–Crippen LogP) is 2.48. The van der Waals surface area contributed by atoms with Crippen LogP contribution in [0.3, 0.4) is 0 Å². The molecule has 0 aliphatic rings. The van der Waals surface area contributed by atoms with Crippen LogP contribution in [-0.2, 0) is 10.8 Å². The molecule has 3 atom stereocenters. The molecule has 0 fully saturated rings. The van der Waals surface area contributed by atoms with Gasteiger partial charge < -0.3 is 9.73 Å². The molecule has 0 radical (unpaired) electrons. The summed E-state index contributed by atoms with van der Waals surface area (Å²) in [5.41, 5.74) is 0. The minimum Gasteiger partial charge on any atom is -0.468 e. The van der Waals surface area contributed by atoms with Crippen LogP contribution in [0.25, 0.3) is 0 Å². The number of nitrogens with one attached hydrogen (secondary N) is 1. The van der Waals surface area contributed by atoms with Crippen LogP contribution in [0.5, 0.6) is 0 Å². The Kier molecular flexibility index (Phi) is 5.77. The van der Waals surface area contributed by atoms with Gasteiger partial charge in [-0.25, -0.2) is 0 Å². The fraction of sp³-hybridized carbons (Fsp3) is 0.667. The average molecular weight is 243 g/mol. The lowest BCUT2D eigenvalue weighted by atomic mass is 10.1. The molecular weight excluding hydrogens is 222 g/mol. The third-order valence-electron chi connectivity index (χ3n) is 2.80. The van der Waals surface area contributed by atoms with Crippen LogP contribution in [0.1, 0.15) is 38.5 Å². The van der Waals surface area contributed by atoms with Gasteiger partial charge in [0.15, 0.2) is 0 Å². The molecular formula is C12H21NO2S. The molecule has 3 unspecified atom stereocenters. The minimum absolute atomic E-state index is 0.251. The summed E-state index contributed by atoms with van der Waals surface area (Å²) in [7, 11) is -0.727. The molecule has 1 rings (SSSR count). The second kappa shape index (κ2) is 6.86. The summed E-state index contributed by atoms with van der Waals surface area (Å²) >= 11 is 0. The van der Waals surface area contributed by atoms with Gasteiger partial charge in [0.25, 0.3) is 0 Å². The Hall–Kier alpha value is -0.610. The van der Waals surface area contributed by atoms with Crippen molar-refractivity contribution in [2.75, 3.05) is 12.8 Å². The van der Waals surface area contributed by atoms with Crippen LogP contribution < -0.4 is 5.32 Å². The highest BCUT2D eigenvalue weighted by Gasteiger charge is 2.12. The Labute approximate surface area is 100 Å². The van der Waals surface area contributed by atoms with E-state index in [4.69, 9.17) is 4.42 Å². The van der Waals surface area contributed by atoms with Gasteiger partial charge in [0.1, 0.15) is 5.76 Å². The van der Waals surface area contributed by atoms with Crippen LogP contribution in [0.4, 0.5) is 0 Å². The second-order valence-corrected chi connectivity index (χ2v) is 5.83. The summed E-state index contributed by atoms with van der Waals surface area (Å²) in [6.07, 6.45) is 5.38. The van der Waals surface area contributed by atoms with Crippen LogP contribution >= 0.6 is 0 Å². The first-order valence-corrected chi connectivity index (χ1v) is 7.36. The van der Waals surface area contributed by atoms with Crippen molar-refractivity contribution in [2.45, 2.75) is 38.0 Å². The lowest BCUT2D eigenvalue weighted by molar-refractivity contribution is 0.402. The van der Waals surface area contributed by atoms with Gasteiger partial charge in [-0.15, -0.1) is 0 Å². The van der Waals surface area contributed by atoms with Crippen LogP contribution in [0, 0.1) is 0 Å². The van der Waals surface area contributed by atoms with Gasteiger partial charge >= 0.3 is 0 Å². The Morgan fingerprint density at radius 3 is 2.81 bits per heavy atom. The average Bonchev–Trinajstić information content (AvgIpc) is 2.77. The molecule has 0 bridgehead atoms. The maximum absolute atomic E-state index is 11.2. The van der Waals surface area contributed by atoms with Crippen LogP contribution in [0.15, 0.2) is 22.8 Å². The van der Waals surface area contributed by atoms with Crippen LogP contribution in [-0.4, -0.2) is 22.3 Å². The van der Waals surface area contributed by atoms with Crippen molar-refractivity contribution in [2.24, 2.45) is 0 Å². The first kappa shape index (κ1) is 13.5. The molecule has 0 saturated heterocycles. The van der Waals surface area contributed by atoms with Gasteiger partial charge in [-0.05, 0) is 31.5 Å². The fourth-order valence-corrected chi connectivity index (χ4v) is 2.01. The Morgan fingerprint density at radius 2 is 2.31 bits per heavy atom. The Balaban J connectivity index is 2.33. The summed E-state index contributed by atoms with van der Waals surface area (Å²) in [6, 6.07) is 4.17. The SMILES string of the molecule is CCC(NCCC(C)S(C)=O)c1ccco1. The van der Waals surface area contributed by atoms with E-state index in [0.29, 0.717) is 0 Å². The maximum atomic E-state index is 11.2. The standard InChI is InChI=1S/C12H21NO2S/c1-4-11(12-6-5-9-15-12)13-8-7-10(2)16(3)14/h5-6,9-11,13H,4,7-8H2,1-3H3. The van der Waals surface area contributed by atoms with Crippen LogP contribution in [0.2, 0.25) is 0 Å². The fourth-order valence-electron chi connectivity index (χ4n) is 1.56. The predicted molar refractivity (Wildman–Crippen MR) is 67.9 cm³/mol. The zero-order chi connectivity index (χ0) is 12.0. The molecule has 1 N–H and O–H groups in total. The lowest BCUT2D eigenvalue weighted by Gasteiger charge is -2.15. The number of rotatable bonds is 7. The molecule has 0 amide bonds. The van der Waals surface area contributed by atoms with Gasteiger partial charge in [0.05, 0.1) is 12.3 Å². The normalized spacial score (nSPS) is 16.9. The van der Waals surface area contributed by atoms with Gasteiger partial charge in [-0.1, -0.05) is 13.8 Å². The molecule has 0 aromatic carbocycles. The van der Waals surface area contributed by atoms with Crippen molar-refractivity contribution in [3.63, 3.8) is 0 Å². The topological polar surface area (TPSA) is 42.2 Å². The summed E-state index contributed by atoms with van der Waals surface area (Å²) in [5.74, 6) is 0.979. The largest absolute Gasteiger partial charge is 0.468 e. The van der Waals surface area contributed by atoms with Gasteiger partial charge in [-0.2, -0.15) is 0 Å². The van der Waals surface area contributed by atoms with E-state index < -0.39 is 10.8 Å². The Bertz CT molecular complexity index is 311. The molecule has 1 heterocycles. The molecule has 16 heavy (non-hydrogen) atoms. The second-order valence-electron chi connectivity index (χ2n) is 4.03. The van der Waals surface area contributed by atoms with Crippen molar-refractivity contribution in [3.8, 4) is 0 Å². The molecule has 3 nitrogen and oxygen atoms in total.